The van der Waals surface area contributed by atoms with E-state index >= 15 is 0 Å². The third-order valence-electron chi connectivity index (χ3n) is 4.20. The molecule has 112 valence electrons. The summed E-state index contributed by atoms with van der Waals surface area (Å²) in [7, 11) is 0. The van der Waals surface area contributed by atoms with Crippen LogP contribution in [0.25, 0.3) is 0 Å². The zero-order valence-electron chi connectivity index (χ0n) is 12.8. The highest BCUT2D eigenvalue weighted by molar-refractivity contribution is 5.44. The number of rotatable bonds is 7. The number of likely N-dealkylation sites (tertiary alicyclic amines) is 1. The fraction of sp³-hybridized carbons (Fsp3) is 0.647. The lowest BCUT2D eigenvalue weighted by Gasteiger charge is -2.30. The number of benzene rings is 1. The van der Waals surface area contributed by atoms with Gasteiger partial charge in [0.1, 0.15) is 0 Å². The zero-order chi connectivity index (χ0) is 14.2. The molecule has 0 aliphatic carbocycles. The number of nitrogens with one attached hydrogen (secondary N) is 1. The van der Waals surface area contributed by atoms with Crippen LogP contribution in [0.4, 0.5) is 5.69 Å². The molecule has 1 aromatic carbocycles. The molecule has 20 heavy (non-hydrogen) atoms. The minimum atomic E-state index is 0.787. The predicted molar refractivity (Wildman–Crippen MR) is 86.9 cm³/mol. The first kappa shape index (κ1) is 15.3. The molecule has 0 unspecified atom stereocenters. The monoisotopic (exact) mass is 275 g/mol. The summed E-state index contributed by atoms with van der Waals surface area (Å²) in [5.41, 5.74) is 8.14. The molecule has 3 nitrogen and oxygen atoms in total. The molecule has 1 saturated heterocycles. The maximum atomic E-state index is 5.49. The topological polar surface area (TPSA) is 41.3 Å². The summed E-state index contributed by atoms with van der Waals surface area (Å²) in [6, 6.07) is 8.90. The van der Waals surface area contributed by atoms with E-state index in [9.17, 15) is 0 Å². The fourth-order valence-corrected chi connectivity index (χ4v) is 2.71. The van der Waals surface area contributed by atoms with Crippen molar-refractivity contribution in [3.63, 3.8) is 0 Å². The molecular formula is C17H29N3. The third kappa shape index (κ3) is 5.14. The number of piperidine rings is 1. The van der Waals surface area contributed by atoms with E-state index in [4.69, 9.17) is 5.73 Å². The van der Waals surface area contributed by atoms with E-state index in [1.165, 1.54) is 37.2 Å². The van der Waals surface area contributed by atoms with Crippen molar-refractivity contribution < 1.29 is 0 Å². The van der Waals surface area contributed by atoms with E-state index in [0.29, 0.717) is 0 Å². The molecule has 2 rings (SSSR count). The number of unbranched alkanes of at least 4 members (excludes halogenated alkanes) is 1. The summed E-state index contributed by atoms with van der Waals surface area (Å²) in [5.74, 6) is 0.909. The van der Waals surface area contributed by atoms with Crippen LogP contribution in [0.5, 0.6) is 0 Å². The first-order valence-corrected chi connectivity index (χ1v) is 8.03. The van der Waals surface area contributed by atoms with Gasteiger partial charge in [0.15, 0.2) is 0 Å². The second-order valence-electron chi connectivity index (χ2n) is 6.08. The molecule has 0 radical (unpaired) electrons. The minimum absolute atomic E-state index is 0.787. The summed E-state index contributed by atoms with van der Waals surface area (Å²) < 4.78 is 0. The van der Waals surface area contributed by atoms with Gasteiger partial charge in [-0.25, -0.2) is 0 Å². The molecule has 1 aliphatic heterocycles. The smallest absolute Gasteiger partial charge is 0.0340 e. The van der Waals surface area contributed by atoms with Crippen molar-refractivity contribution >= 4 is 5.69 Å². The van der Waals surface area contributed by atoms with Crippen LogP contribution in [0.2, 0.25) is 0 Å². The van der Waals surface area contributed by atoms with Crippen molar-refractivity contribution in [1.82, 2.24) is 4.90 Å². The van der Waals surface area contributed by atoms with E-state index in [2.05, 4.69) is 41.4 Å². The largest absolute Gasteiger partial charge is 0.385 e. The molecule has 1 aromatic rings. The van der Waals surface area contributed by atoms with E-state index in [0.717, 1.165) is 38.4 Å². The van der Waals surface area contributed by atoms with Gasteiger partial charge in [0.25, 0.3) is 0 Å². The normalized spacial score (nSPS) is 17.3. The molecular weight excluding hydrogens is 246 g/mol. The van der Waals surface area contributed by atoms with E-state index < -0.39 is 0 Å². The van der Waals surface area contributed by atoms with Crippen molar-refractivity contribution in [2.45, 2.75) is 39.2 Å². The average Bonchev–Trinajstić information content (AvgIpc) is 2.48. The highest BCUT2D eigenvalue weighted by Crippen LogP contribution is 2.19. The Labute approximate surface area is 123 Å². The van der Waals surface area contributed by atoms with Gasteiger partial charge in [0.05, 0.1) is 0 Å². The summed E-state index contributed by atoms with van der Waals surface area (Å²) >= 11 is 0. The molecule has 0 amide bonds. The highest BCUT2D eigenvalue weighted by atomic mass is 15.1. The van der Waals surface area contributed by atoms with Crippen molar-refractivity contribution in [2.75, 3.05) is 31.5 Å². The molecule has 1 fully saturated rings. The Morgan fingerprint density at radius 3 is 2.50 bits per heavy atom. The Hall–Kier alpha value is -1.06. The summed E-state index contributed by atoms with van der Waals surface area (Å²) in [6.07, 6.45) is 4.93. The second kappa shape index (κ2) is 8.28. The Balaban J connectivity index is 1.73. The number of hydrogen-bond acceptors (Lipinski definition) is 3. The summed E-state index contributed by atoms with van der Waals surface area (Å²) in [6.45, 7) is 7.76. The lowest BCUT2D eigenvalue weighted by Crippen LogP contribution is -2.32. The van der Waals surface area contributed by atoms with Crippen molar-refractivity contribution in [2.24, 2.45) is 11.7 Å². The second-order valence-corrected chi connectivity index (χ2v) is 6.08. The lowest BCUT2D eigenvalue weighted by molar-refractivity contribution is 0.185. The zero-order valence-corrected chi connectivity index (χ0v) is 12.8. The van der Waals surface area contributed by atoms with Gasteiger partial charge in [0.2, 0.25) is 0 Å². The number of nitrogens with two attached hydrogens (primary N) is 1. The fourth-order valence-electron chi connectivity index (χ4n) is 2.71. The quantitative estimate of drug-likeness (QED) is 0.751. The van der Waals surface area contributed by atoms with Gasteiger partial charge < -0.3 is 11.1 Å². The standard InChI is InChI=1S/C17H29N3/c1-15-8-12-20(13-9-15)14-16-4-6-17(7-5-16)19-11-3-2-10-18/h4-7,15,19H,2-3,8-14,18H2,1H3. The Bertz CT molecular complexity index is 366. The van der Waals surface area contributed by atoms with Crippen LogP contribution >= 0.6 is 0 Å². The number of hydrogen-bond donors (Lipinski definition) is 2. The molecule has 3 heteroatoms. The van der Waals surface area contributed by atoms with Gasteiger partial charge in [-0.3, -0.25) is 4.90 Å². The van der Waals surface area contributed by atoms with Crippen LogP contribution in [0, 0.1) is 5.92 Å². The number of nitrogens with zero attached hydrogens (tertiary/aromatic N) is 1. The first-order chi connectivity index (χ1) is 9.78. The predicted octanol–water partition coefficient (Wildman–Crippen LogP) is 3.07. The van der Waals surface area contributed by atoms with Crippen LogP contribution in [-0.2, 0) is 6.54 Å². The third-order valence-corrected chi connectivity index (χ3v) is 4.20. The lowest BCUT2D eigenvalue weighted by atomic mass is 9.99. The van der Waals surface area contributed by atoms with Gasteiger partial charge in [0, 0.05) is 18.8 Å². The van der Waals surface area contributed by atoms with E-state index in [-0.39, 0.29) is 0 Å². The first-order valence-electron chi connectivity index (χ1n) is 8.03. The van der Waals surface area contributed by atoms with Crippen molar-refractivity contribution in [1.29, 1.82) is 0 Å². The maximum absolute atomic E-state index is 5.49. The van der Waals surface area contributed by atoms with E-state index in [1.54, 1.807) is 0 Å². The van der Waals surface area contributed by atoms with Gasteiger partial charge in [-0.2, -0.15) is 0 Å². The van der Waals surface area contributed by atoms with Crippen molar-refractivity contribution in [3.05, 3.63) is 29.8 Å². The average molecular weight is 275 g/mol. The number of anilines is 1. The Morgan fingerprint density at radius 1 is 1.15 bits per heavy atom. The summed E-state index contributed by atoms with van der Waals surface area (Å²) in [4.78, 5) is 2.57. The van der Waals surface area contributed by atoms with Crippen LogP contribution in [0.15, 0.2) is 24.3 Å². The molecule has 3 N–H and O–H groups in total. The summed E-state index contributed by atoms with van der Waals surface area (Å²) in [5, 5.41) is 3.45. The Kier molecular flexibility index (Phi) is 6.34. The minimum Gasteiger partial charge on any atom is -0.385 e. The van der Waals surface area contributed by atoms with Crippen LogP contribution in [0.3, 0.4) is 0 Å². The molecule has 1 heterocycles. The Morgan fingerprint density at radius 2 is 1.85 bits per heavy atom. The molecule has 0 saturated carbocycles. The molecule has 0 spiro atoms. The molecule has 0 bridgehead atoms. The molecule has 1 aliphatic rings. The van der Waals surface area contributed by atoms with Gasteiger partial charge in [-0.15, -0.1) is 0 Å². The van der Waals surface area contributed by atoms with Crippen molar-refractivity contribution in [3.8, 4) is 0 Å². The maximum Gasteiger partial charge on any atom is 0.0340 e. The SMILES string of the molecule is CC1CCN(Cc2ccc(NCCCCN)cc2)CC1. The van der Waals surface area contributed by atoms with Gasteiger partial charge in [-0.05, 0) is 68.9 Å². The van der Waals surface area contributed by atoms with Gasteiger partial charge >= 0.3 is 0 Å². The van der Waals surface area contributed by atoms with Crippen LogP contribution in [0.1, 0.15) is 38.2 Å². The van der Waals surface area contributed by atoms with Crippen LogP contribution in [-0.4, -0.2) is 31.1 Å². The van der Waals surface area contributed by atoms with Gasteiger partial charge in [-0.1, -0.05) is 19.1 Å². The highest BCUT2D eigenvalue weighted by Gasteiger charge is 2.15. The van der Waals surface area contributed by atoms with E-state index in [1.807, 2.05) is 0 Å². The van der Waals surface area contributed by atoms with Crippen LogP contribution < -0.4 is 11.1 Å². The molecule has 0 atom stereocenters. The molecule has 0 aromatic heterocycles.